The van der Waals surface area contributed by atoms with E-state index in [1.165, 1.54) is 0 Å². The van der Waals surface area contributed by atoms with Crippen LogP contribution in [0.1, 0.15) is 17.3 Å². The lowest BCUT2D eigenvalue weighted by atomic mass is 10.2. The monoisotopic (exact) mass is 227 g/mol. The number of ether oxygens (including phenoxy) is 1. The van der Waals surface area contributed by atoms with Gasteiger partial charge in [-0.05, 0) is 13.0 Å². The first-order valence-electron chi connectivity index (χ1n) is 4.92. The molecule has 16 heavy (non-hydrogen) atoms. The van der Waals surface area contributed by atoms with Crippen LogP contribution in [-0.2, 0) is 4.74 Å². The summed E-state index contributed by atoms with van der Waals surface area (Å²) in [6.07, 6.45) is 0.965. The van der Waals surface area contributed by atoms with E-state index < -0.39 is 11.7 Å². The number of halogens is 1. The molecule has 0 saturated carbocycles. The van der Waals surface area contributed by atoms with E-state index in [1.54, 1.807) is 0 Å². The number of hydrogen-bond donors (Lipinski definition) is 2. The number of anilines is 1. The number of nitrogens with one attached hydrogen (secondary N) is 1. The van der Waals surface area contributed by atoms with Gasteiger partial charge in [0, 0.05) is 13.2 Å². The zero-order valence-electron chi connectivity index (χ0n) is 9.00. The molecule has 0 radical (unpaired) electrons. The lowest BCUT2D eigenvalue weighted by Gasteiger charge is -2.06. The molecule has 0 unspecified atom stereocenters. The number of nitrogens with zero attached hydrogens (tertiary/aromatic N) is 1. The number of amides is 1. The molecule has 3 N–H and O–H groups in total. The minimum absolute atomic E-state index is 0.00955. The Kier molecular flexibility index (Phi) is 4.65. The van der Waals surface area contributed by atoms with Gasteiger partial charge in [-0.3, -0.25) is 4.79 Å². The molecule has 0 bridgehead atoms. The zero-order valence-corrected chi connectivity index (χ0v) is 9.00. The molecule has 0 saturated heterocycles. The average molecular weight is 227 g/mol. The number of carbonyl (C=O) groups is 1. The van der Waals surface area contributed by atoms with Crippen LogP contribution in [0.3, 0.4) is 0 Å². The summed E-state index contributed by atoms with van der Waals surface area (Å²) in [5, 5.41) is 2.55. The van der Waals surface area contributed by atoms with Gasteiger partial charge in [0.1, 0.15) is 11.6 Å². The van der Waals surface area contributed by atoms with Crippen molar-refractivity contribution in [2.75, 3.05) is 25.5 Å². The molecule has 1 rings (SSSR count). The Balaban J connectivity index is 2.55. The number of nitrogens with two attached hydrogens (primary N) is 1. The Hall–Kier alpha value is -1.69. The van der Waals surface area contributed by atoms with Crippen molar-refractivity contribution in [2.45, 2.75) is 6.92 Å². The van der Waals surface area contributed by atoms with Crippen molar-refractivity contribution in [3.8, 4) is 0 Å². The van der Waals surface area contributed by atoms with Gasteiger partial charge >= 0.3 is 0 Å². The van der Waals surface area contributed by atoms with Gasteiger partial charge in [0.25, 0.3) is 5.91 Å². The highest BCUT2D eigenvalue weighted by molar-refractivity contribution is 5.98. The third-order valence-corrected chi connectivity index (χ3v) is 1.87. The third kappa shape index (κ3) is 3.47. The highest BCUT2D eigenvalue weighted by Crippen LogP contribution is 2.09. The number of nitrogen functional groups attached to an aromatic ring is 1. The van der Waals surface area contributed by atoms with Crippen LogP contribution in [0.4, 0.5) is 10.2 Å². The molecule has 1 amide bonds. The summed E-state index contributed by atoms with van der Waals surface area (Å²) in [6.45, 7) is 3.20. The summed E-state index contributed by atoms with van der Waals surface area (Å²) in [6, 6.07) is 1.05. The smallest absolute Gasteiger partial charge is 0.255 e. The third-order valence-electron chi connectivity index (χ3n) is 1.87. The van der Waals surface area contributed by atoms with E-state index in [9.17, 15) is 9.18 Å². The largest absolute Gasteiger partial charge is 0.383 e. The maximum absolute atomic E-state index is 12.8. The normalized spacial score (nSPS) is 10.1. The summed E-state index contributed by atoms with van der Waals surface area (Å²) < 4.78 is 17.9. The average Bonchev–Trinajstić information content (AvgIpc) is 2.27. The summed E-state index contributed by atoms with van der Waals surface area (Å²) in [7, 11) is 0. The molecule has 1 heterocycles. The SMILES string of the molecule is CCOCCNC(=O)c1cc(F)cnc1N. The fourth-order valence-electron chi connectivity index (χ4n) is 1.11. The highest BCUT2D eigenvalue weighted by atomic mass is 19.1. The second kappa shape index (κ2) is 6.02. The predicted molar refractivity (Wildman–Crippen MR) is 57.4 cm³/mol. The summed E-state index contributed by atoms with van der Waals surface area (Å²) in [5.74, 6) is -1.04. The van der Waals surface area contributed by atoms with Crippen LogP contribution in [0.25, 0.3) is 0 Å². The molecule has 0 aliphatic rings. The summed E-state index contributed by atoms with van der Waals surface area (Å²) in [5.41, 5.74) is 5.49. The predicted octanol–water partition coefficient (Wildman–Crippen LogP) is 0.569. The van der Waals surface area contributed by atoms with Crippen LogP contribution in [0, 0.1) is 5.82 Å². The van der Waals surface area contributed by atoms with E-state index in [1.807, 2.05) is 6.92 Å². The molecule has 6 heteroatoms. The van der Waals surface area contributed by atoms with Crippen molar-refractivity contribution < 1.29 is 13.9 Å². The molecular formula is C10H14FN3O2. The van der Waals surface area contributed by atoms with Crippen LogP contribution < -0.4 is 11.1 Å². The maximum atomic E-state index is 12.8. The summed E-state index contributed by atoms with van der Waals surface area (Å²) in [4.78, 5) is 15.1. The Bertz CT molecular complexity index is 371. The van der Waals surface area contributed by atoms with Gasteiger partial charge < -0.3 is 15.8 Å². The van der Waals surface area contributed by atoms with Crippen LogP contribution in [0.2, 0.25) is 0 Å². The van der Waals surface area contributed by atoms with Crippen molar-refractivity contribution in [3.63, 3.8) is 0 Å². The molecule has 0 atom stereocenters. The van der Waals surface area contributed by atoms with E-state index >= 15 is 0 Å². The number of hydrogen-bond acceptors (Lipinski definition) is 4. The van der Waals surface area contributed by atoms with E-state index in [4.69, 9.17) is 10.5 Å². The van der Waals surface area contributed by atoms with Gasteiger partial charge in [-0.2, -0.15) is 0 Å². The lowest BCUT2D eigenvalue weighted by Crippen LogP contribution is -2.28. The van der Waals surface area contributed by atoms with Gasteiger partial charge in [-0.1, -0.05) is 0 Å². The molecule has 0 spiro atoms. The first-order valence-corrected chi connectivity index (χ1v) is 4.92. The molecule has 0 aliphatic heterocycles. The standard InChI is InChI=1S/C10H14FN3O2/c1-2-16-4-3-13-10(15)8-5-7(11)6-14-9(8)12/h5-6H,2-4H2,1H3,(H2,12,14)(H,13,15). The van der Waals surface area contributed by atoms with E-state index in [0.717, 1.165) is 12.3 Å². The van der Waals surface area contributed by atoms with Crippen molar-refractivity contribution in [1.29, 1.82) is 0 Å². The Morgan fingerprint density at radius 2 is 2.44 bits per heavy atom. The Morgan fingerprint density at radius 1 is 1.69 bits per heavy atom. The maximum Gasteiger partial charge on any atom is 0.255 e. The van der Waals surface area contributed by atoms with E-state index in [0.29, 0.717) is 19.8 Å². The fourth-order valence-corrected chi connectivity index (χ4v) is 1.11. The molecule has 88 valence electrons. The van der Waals surface area contributed by atoms with Gasteiger partial charge in [0.15, 0.2) is 0 Å². The van der Waals surface area contributed by atoms with Crippen molar-refractivity contribution in [2.24, 2.45) is 0 Å². The van der Waals surface area contributed by atoms with Crippen LogP contribution in [0.15, 0.2) is 12.3 Å². The van der Waals surface area contributed by atoms with Crippen LogP contribution in [-0.4, -0.2) is 30.6 Å². The second-order valence-corrected chi connectivity index (χ2v) is 3.04. The number of aromatic nitrogens is 1. The molecular weight excluding hydrogens is 213 g/mol. The lowest BCUT2D eigenvalue weighted by molar-refractivity contribution is 0.0922. The van der Waals surface area contributed by atoms with Crippen molar-refractivity contribution in [3.05, 3.63) is 23.6 Å². The minimum atomic E-state index is -0.593. The van der Waals surface area contributed by atoms with Crippen molar-refractivity contribution >= 4 is 11.7 Å². The molecule has 1 aromatic rings. The van der Waals surface area contributed by atoms with Crippen LogP contribution in [0.5, 0.6) is 0 Å². The quantitative estimate of drug-likeness (QED) is 0.721. The number of pyridine rings is 1. The van der Waals surface area contributed by atoms with Gasteiger partial charge in [0.2, 0.25) is 0 Å². The molecule has 5 nitrogen and oxygen atoms in total. The fraction of sp³-hybridized carbons (Fsp3) is 0.400. The number of rotatable bonds is 5. The molecule has 0 aromatic carbocycles. The summed E-state index contributed by atoms with van der Waals surface area (Å²) >= 11 is 0. The Labute approximate surface area is 92.8 Å². The van der Waals surface area contributed by atoms with Crippen molar-refractivity contribution in [1.82, 2.24) is 10.3 Å². The van der Waals surface area contributed by atoms with Crippen LogP contribution >= 0.6 is 0 Å². The number of carbonyl (C=O) groups excluding carboxylic acids is 1. The molecule has 0 aliphatic carbocycles. The zero-order chi connectivity index (χ0) is 12.0. The van der Waals surface area contributed by atoms with Gasteiger partial charge in [-0.15, -0.1) is 0 Å². The topological polar surface area (TPSA) is 77.2 Å². The van der Waals surface area contributed by atoms with Gasteiger partial charge in [0.05, 0.1) is 18.4 Å². The highest BCUT2D eigenvalue weighted by Gasteiger charge is 2.11. The minimum Gasteiger partial charge on any atom is -0.383 e. The second-order valence-electron chi connectivity index (χ2n) is 3.04. The first-order chi connectivity index (χ1) is 7.65. The Morgan fingerprint density at radius 3 is 3.12 bits per heavy atom. The van der Waals surface area contributed by atoms with Gasteiger partial charge in [-0.25, -0.2) is 9.37 Å². The van der Waals surface area contributed by atoms with E-state index in [-0.39, 0.29) is 11.4 Å². The molecule has 1 aromatic heterocycles. The molecule has 0 fully saturated rings. The first kappa shape index (κ1) is 12.4. The van der Waals surface area contributed by atoms with E-state index in [2.05, 4.69) is 10.3 Å².